The van der Waals surface area contributed by atoms with Gasteiger partial charge in [0.15, 0.2) is 22.8 Å². The number of aliphatic hydroxyl groups excluding tert-OH is 1. The van der Waals surface area contributed by atoms with Crippen LogP contribution in [0.5, 0.6) is 0 Å². The van der Waals surface area contributed by atoms with Crippen LogP contribution in [0, 0.1) is 29.1 Å². The Labute approximate surface area is 258 Å². The lowest BCUT2D eigenvalue weighted by Gasteiger charge is -2.52. The SMILES string of the molecule is CCCCCCCC(=O)O[C@]12C(C3C(=O)C(CO)=C[C@]4(O)C(=O)C(C)=CC4[C@@]3(O)[C@H](C)[C@H]1OC(=O)c1ccccc1)C2(C)C. The minimum atomic E-state index is -2.29. The van der Waals surface area contributed by atoms with Gasteiger partial charge in [-0.25, -0.2) is 4.79 Å². The summed E-state index contributed by atoms with van der Waals surface area (Å²) in [6, 6.07) is 8.31. The fourth-order valence-electron chi connectivity index (χ4n) is 8.53. The number of ketones is 2. The first-order valence-electron chi connectivity index (χ1n) is 15.8. The van der Waals surface area contributed by atoms with Gasteiger partial charge in [-0.2, -0.15) is 0 Å². The topological polar surface area (TPSA) is 147 Å². The van der Waals surface area contributed by atoms with Gasteiger partial charge in [0.1, 0.15) is 6.10 Å². The Hall–Kier alpha value is -3.14. The molecule has 1 aromatic carbocycles. The fraction of sp³-hybridized carbons (Fsp3) is 0.600. The van der Waals surface area contributed by atoms with Crippen LogP contribution in [0.2, 0.25) is 0 Å². The van der Waals surface area contributed by atoms with Crippen molar-refractivity contribution in [2.45, 2.75) is 96.1 Å². The van der Waals surface area contributed by atoms with Crippen molar-refractivity contribution in [2.75, 3.05) is 6.61 Å². The molecule has 0 radical (unpaired) electrons. The summed E-state index contributed by atoms with van der Waals surface area (Å²) in [7, 11) is 0. The maximum Gasteiger partial charge on any atom is 0.338 e. The molecule has 9 nitrogen and oxygen atoms in total. The van der Waals surface area contributed by atoms with Gasteiger partial charge in [-0.1, -0.05) is 77.7 Å². The van der Waals surface area contributed by atoms with E-state index in [2.05, 4.69) is 6.92 Å². The summed E-state index contributed by atoms with van der Waals surface area (Å²) in [5.74, 6) is -6.98. The van der Waals surface area contributed by atoms with E-state index in [9.17, 15) is 34.5 Å². The molecule has 0 aromatic heterocycles. The van der Waals surface area contributed by atoms with Crippen LogP contribution in [0.25, 0.3) is 0 Å². The highest BCUT2D eigenvalue weighted by atomic mass is 16.6. The summed E-state index contributed by atoms with van der Waals surface area (Å²) >= 11 is 0. The second kappa shape index (κ2) is 11.3. The molecule has 9 heteroatoms. The molecule has 3 unspecified atom stereocenters. The van der Waals surface area contributed by atoms with Crippen molar-refractivity contribution in [2.24, 2.45) is 29.1 Å². The summed E-state index contributed by atoms with van der Waals surface area (Å²) in [5, 5.41) is 34.9. The van der Waals surface area contributed by atoms with Crippen LogP contribution in [0.1, 0.15) is 83.5 Å². The third-order valence-electron chi connectivity index (χ3n) is 10.9. The molecule has 2 saturated carbocycles. The number of hydrogen-bond acceptors (Lipinski definition) is 9. The van der Waals surface area contributed by atoms with E-state index in [0.717, 1.165) is 31.8 Å². The van der Waals surface area contributed by atoms with Gasteiger partial charge in [0.25, 0.3) is 0 Å². The lowest BCUT2D eigenvalue weighted by Crippen LogP contribution is -2.67. The number of Topliss-reactive ketones (excluding diaryl/α,β-unsaturated/α-hetero) is 2. The molecule has 0 bridgehead atoms. The first-order valence-corrected chi connectivity index (χ1v) is 15.8. The Morgan fingerprint density at radius 2 is 1.66 bits per heavy atom. The highest BCUT2D eigenvalue weighted by Gasteiger charge is 2.89. The van der Waals surface area contributed by atoms with E-state index in [-0.39, 0.29) is 23.1 Å². The van der Waals surface area contributed by atoms with Crippen molar-refractivity contribution in [1.82, 2.24) is 0 Å². The van der Waals surface area contributed by atoms with Gasteiger partial charge in [-0.05, 0) is 37.1 Å². The molecule has 0 saturated heterocycles. The van der Waals surface area contributed by atoms with E-state index in [0.29, 0.717) is 6.42 Å². The average Bonchev–Trinajstić information content (AvgIpc) is 3.40. The van der Waals surface area contributed by atoms with Gasteiger partial charge >= 0.3 is 11.9 Å². The molecule has 4 aliphatic rings. The lowest BCUT2D eigenvalue weighted by molar-refractivity contribution is -0.221. The predicted molar refractivity (Wildman–Crippen MR) is 160 cm³/mol. The molecule has 0 spiro atoms. The number of fused-ring (bicyclic) bond motifs is 5. The molecule has 238 valence electrons. The Morgan fingerprint density at radius 3 is 2.30 bits per heavy atom. The standard InChI is InChI=1S/C35H44O9/c1-6-7-8-9-13-16-25(37)44-35-28(32(35,4)5)26-27(38)23(19-36)18-33(41)24(17-20(2)29(33)39)34(26,42)21(3)30(35)43-31(40)22-14-11-10-12-15-22/h10-12,14-15,17-18,21,24,26,28,30,36,41-42H,6-9,13,16,19H2,1-5H3/t21-,24?,26?,28?,30-,33-,34+,35-/m1/s1. The first-order chi connectivity index (χ1) is 20.7. The van der Waals surface area contributed by atoms with E-state index in [4.69, 9.17) is 9.47 Å². The van der Waals surface area contributed by atoms with E-state index in [1.165, 1.54) is 13.0 Å². The predicted octanol–water partition coefficient (Wildman–Crippen LogP) is 3.89. The third kappa shape index (κ3) is 4.53. The second-order valence-corrected chi connectivity index (χ2v) is 13.7. The molecule has 0 heterocycles. The van der Waals surface area contributed by atoms with Crippen molar-refractivity contribution >= 4 is 23.5 Å². The van der Waals surface area contributed by atoms with Gasteiger partial charge in [0, 0.05) is 35.2 Å². The molecule has 0 amide bonds. The zero-order valence-electron chi connectivity index (χ0n) is 26.2. The Morgan fingerprint density at radius 1 is 1.00 bits per heavy atom. The largest absolute Gasteiger partial charge is 0.454 e. The van der Waals surface area contributed by atoms with Gasteiger partial charge in [0.2, 0.25) is 0 Å². The zero-order valence-corrected chi connectivity index (χ0v) is 26.2. The number of unbranched alkanes of at least 4 members (excludes halogenated alkanes) is 4. The molecule has 2 fully saturated rings. The quantitative estimate of drug-likeness (QED) is 0.266. The number of hydrogen-bond donors (Lipinski definition) is 3. The van der Waals surface area contributed by atoms with Gasteiger partial charge < -0.3 is 24.8 Å². The van der Waals surface area contributed by atoms with E-state index in [1.54, 1.807) is 37.3 Å². The maximum absolute atomic E-state index is 14.2. The van der Waals surface area contributed by atoms with Crippen LogP contribution in [0.4, 0.5) is 0 Å². The first kappa shape index (κ1) is 32.3. The number of aliphatic hydroxyl groups is 3. The van der Waals surface area contributed by atoms with Gasteiger partial charge in [-0.15, -0.1) is 0 Å². The van der Waals surface area contributed by atoms with E-state index < -0.39 is 82.1 Å². The molecular weight excluding hydrogens is 564 g/mol. The highest BCUT2D eigenvalue weighted by Crippen LogP contribution is 2.77. The zero-order chi connectivity index (χ0) is 32.2. The minimum absolute atomic E-state index is 0.144. The molecule has 1 aromatic rings. The highest BCUT2D eigenvalue weighted by molar-refractivity contribution is 6.09. The molecule has 5 rings (SSSR count). The van der Waals surface area contributed by atoms with E-state index in [1.807, 2.05) is 13.8 Å². The average molecular weight is 609 g/mol. The summed E-state index contributed by atoms with van der Waals surface area (Å²) < 4.78 is 12.5. The van der Waals surface area contributed by atoms with Crippen LogP contribution in [-0.4, -0.2) is 68.3 Å². The van der Waals surface area contributed by atoms with Gasteiger partial charge in [-0.3, -0.25) is 14.4 Å². The minimum Gasteiger partial charge on any atom is -0.454 e. The van der Waals surface area contributed by atoms with Crippen LogP contribution >= 0.6 is 0 Å². The number of ether oxygens (including phenoxy) is 2. The molecule has 3 N–H and O–H groups in total. The number of carbonyl (C=O) groups is 4. The summed E-state index contributed by atoms with van der Waals surface area (Å²) in [6.45, 7) is 8.09. The summed E-state index contributed by atoms with van der Waals surface area (Å²) in [5.41, 5.74) is -6.57. The van der Waals surface area contributed by atoms with Crippen LogP contribution in [0.15, 0.2) is 53.6 Å². The molecule has 8 atom stereocenters. The molecule has 4 aliphatic carbocycles. The van der Waals surface area contributed by atoms with Gasteiger partial charge in [0.05, 0.1) is 23.7 Å². The van der Waals surface area contributed by atoms with Crippen LogP contribution in [-0.2, 0) is 23.9 Å². The second-order valence-electron chi connectivity index (χ2n) is 13.7. The summed E-state index contributed by atoms with van der Waals surface area (Å²) in [6.07, 6.45) is 6.06. The van der Waals surface area contributed by atoms with Crippen molar-refractivity contribution in [3.05, 3.63) is 59.2 Å². The van der Waals surface area contributed by atoms with Crippen molar-refractivity contribution in [3.63, 3.8) is 0 Å². The smallest absolute Gasteiger partial charge is 0.338 e. The monoisotopic (exact) mass is 608 g/mol. The lowest BCUT2D eigenvalue weighted by atomic mass is 9.58. The van der Waals surface area contributed by atoms with E-state index >= 15 is 0 Å². The molecule has 0 aliphatic heterocycles. The normalized spacial score (nSPS) is 36.7. The van der Waals surface area contributed by atoms with Crippen LogP contribution in [0.3, 0.4) is 0 Å². The molecule has 44 heavy (non-hydrogen) atoms. The number of carbonyl (C=O) groups excluding carboxylic acids is 4. The Kier molecular flexibility index (Phi) is 8.31. The van der Waals surface area contributed by atoms with Crippen LogP contribution < -0.4 is 0 Å². The summed E-state index contributed by atoms with van der Waals surface area (Å²) in [4.78, 5) is 54.5. The van der Waals surface area contributed by atoms with Crippen molar-refractivity contribution in [3.8, 4) is 0 Å². The molecular formula is C35H44O9. The Balaban J connectivity index is 1.62. The number of benzene rings is 1. The van der Waals surface area contributed by atoms with Crippen molar-refractivity contribution < 1.29 is 44.0 Å². The van der Waals surface area contributed by atoms with Crippen molar-refractivity contribution in [1.29, 1.82) is 0 Å². The maximum atomic E-state index is 14.2. The number of esters is 2. The fourth-order valence-corrected chi connectivity index (χ4v) is 8.53. The third-order valence-corrected chi connectivity index (χ3v) is 10.9. The number of rotatable bonds is 10. The Bertz CT molecular complexity index is 1410.